The van der Waals surface area contributed by atoms with Gasteiger partial charge in [0.15, 0.2) is 0 Å². The van der Waals surface area contributed by atoms with E-state index in [0.29, 0.717) is 22.7 Å². The van der Waals surface area contributed by atoms with Crippen LogP contribution in [0.1, 0.15) is 26.7 Å². The molecule has 8 heteroatoms. The van der Waals surface area contributed by atoms with Gasteiger partial charge in [0.1, 0.15) is 22.4 Å². The van der Waals surface area contributed by atoms with Gasteiger partial charge in [-0.1, -0.05) is 127 Å². The molecular formula is C48H37N3O4S. The van der Waals surface area contributed by atoms with E-state index >= 15 is 0 Å². The third-order valence-electron chi connectivity index (χ3n) is 8.64. The van der Waals surface area contributed by atoms with Crippen molar-refractivity contribution in [3.05, 3.63) is 217 Å². The van der Waals surface area contributed by atoms with Crippen molar-refractivity contribution in [2.75, 3.05) is 10.6 Å². The molecule has 0 bridgehead atoms. The number of thioether (sulfide) groups is 1. The number of carbonyl (C=O) groups is 3. The quantitative estimate of drug-likeness (QED) is 0.0805. The summed E-state index contributed by atoms with van der Waals surface area (Å²) in [7, 11) is 0. The van der Waals surface area contributed by atoms with Crippen LogP contribution in [-0.4, -0.2) is 17.7 Å². The van der Waals surface area contributed by atoms with Gasteiger partial charge in [-0.25, -0.2) is 0 Å². The van der Waals surface area contributed by atoms with Crippen LogP contribution in [0.15, 0.2) is 205 Å². The zero-order valence-corrected chi connectivity index (χ0v) is 31.0. The van der Waals surface area contributed by atoms with Gasteiger partial charge in [0.2, 0.25) is 5.91 Å². The number of nitrogens with one attached hydrogen (secondary N) is 3. The molecule has 7 nitrogen and oxygen atoms in total. The van der Waals surface area contributed by atoms with Crippen molar-refractivity contribution in [3.8, 4) is 22.6 Å². The second-order valence-corrected chi connectivity index (χ2v) is 13.9. The Hall–Kier alpha value is -7.16. The van der Waals surface area contributed by atoms with Crippen LogP contribution in [-0.2, 0) is 9.59 Å². The smallest absolute Gasteiger partial charge is 0.272 e. The molecule has 7 rings (SSSR count). The largest absolute Gasteiger partial charge is 0.457 e. The maximum Gasteiger partial charge on any atom is 0.272 e. The molecule has 7 aromatic carbocycles. The molecule has 0 aliphatic rings. The monoisotopic (exact) mass is 751 g/mol. The standard InChI is InChI=1S/C48H37N3O4S/c52-46(38-18-9-3-10-19-38)51-44(32-34-24-26-36(27-25-34)35-14-5-1-6-15-35)47(53)50-40-20-13-23-43(33-40)56-45(37-16-7-2-8-17-37)48(54)49-39-28-30-42(31-29-39)55-41-21-11-4-12-22-41/h1-33,45H,(H,49,54)(H,50,53)(H,51,52)/b44-32+. The summed E-state index contributed by atoms with van der Waals surface area (Å²) in [5.41, 5.74) is 5.29. The fourth-order valence-corrected chi connectivity index (χ4v) is 6.92. The van der Waals surface area contributed by atoms with Crippen LogP contribution < -0.4 is 20.7 Å². The van der Waals surface area contributed by atoms with E-state index in [2.05, 4.69) is 16.0 Å². The van der Waals surface area contributed by atoms with Crippen LogP contribution in [0.2, 0.25) is 0 Å². The first kappa shape index (κ1) is 37.2. The van der Waals surface area contributed by atoms with Gasteiger partial charge in [0.25, 0.3) is 11.8 Å². The number of para-hydroxylation sites is 1. The number of hydrogen-bond acceptors (Lipinski definition) is 5. The SMILES string of the molecule is O=C(Nc1cccc(SC(C(=O)Nc2ccc(Oc3ccccc3)cc2)c2ccccc2)c1)/C(=C\c1ccc(-c2ccccc2)cc1)NC(=O)c1ccccc1. The summed E-state index contributed by atoms with van der Waals surface area (Å²) < 4.78 is 5.90. The molecule has 7 aromatic rings. The third kappa shape index (κ3) is 10.1. The van der Waals surface area contributed by atoms with Gasteiger partial charge in [-0.15, -0.1) is 11.8 Å². The Balaban J connectivity index is 1.08. The molecule has 274 valence electrons. The van der Waals surface area contributed by atoms with Crippen molar-refractivity contribution < 1.29 is 19.1 Å². The van der Waals surface area contributed by atoms with Crippen LogP contribution >= 0.6 is 11.8 Å². The highest BCUT2D eigenvalue weighted by Gasteiger charge is 2.23. The number of benzene rings is 7. The minimum Gasteiger partial charge on any atom is -0.457 e. The molecular weight excluding hydrogens is 715 g/mol. The summed E-state index contributed by atoms with van der Waals surface area (Å²) in [6.45, 7) is 0. The van der Waals surface area contributed by atoms with E-state index in [0.717, 1.165) is 32.9 Å². The number of rotatable bonds is 13. The van der Waals surface area contributed by atoms with Gasteiger partial charge in [0, 0.05) is 21.8 Å². The Morgan fingerprint density at radius 3 is 1.80 bits per heavy atom. The van der Waals surface area contributed by atoms with Gasteiger partial charge in [-0.2, -0.15) is 0 Å². The highest BCUT2D eigenvalue weighted by molar-refractivity contribution is 8.00. The van der Waals surface area contributed by atoms with Crippen molar-refractivity contribution in [3.63, 3.8) is 0 Å². The highest BCUT2D eigenvalue weighted by atomic mass is 32.2. The van der Waals surface area contributed by atoms with Crippen LogP contribution in [0.25, 0.3) is 17.2 Å². The summed E-state index contributed by atoms with van der Waals surface area (Å²) in [5.74, 6) is 0.259. The number of carbonyl (C=O) groups excluding carboxylic acids is 3. The molecule has 0 aliphatic heterocycles. The fraction of sp³-hybridized carbons (Fsp3) is 0.0208. The lowest BCUT2D eigenvalue weighted by atomic mass is 10.0. The van der Waals surface area contributed by atoms with E-state index in [4.69, 9.17) is 4.74 Å². The first-order valence-corrected chi connectivity index (χ1v) is 18.9. The van der Waals surface area contributed by atoms with Gasteiger partial charge in [-0.3, -0.25) is 14.4 Å². The lowest BCUT2D eigenvalue weighted by Gasteiger charge is -2.18. The molecule has 0 saturated heterocycles. The van der Waals surface area contributed by atoms with Crippen molar-refractivity contribution in [1.29, 1.82) is 0 Å². The molecule has 1 atom stereocenters. The number of amides is 3. The van der Waals surface area contributed by atoms with Gasteiger partial charge in [-0.05, 0) is 95.1 Å². The average molecular weight is 752 g/mol. The Labute approximate surface area is 330 Å². The predicted molar refractivity (Wildman–Crippen MR) is 225 cm³/mol. The maximum atomic E-state index is 13.9. The van der Waals surface area contributed by atoms with Crippen LogP contribution in [0, 0.1) is 0 Å². The van der Waals surface area contributed by atoms with E-state index in [1.807, 2.05) is 152 Å². The summed E-state index contributed by atoms with van der Waals surface area (Å²) in [4.78, 5) is 41.8. The molecule has 0 aromatic heterocycles. The van der Waals surface area contributed by atoms with Gasteiger partial charge < -0.3 is 20.7 Å². The normalized spacial score (nSPS) is 11.5. The van der Waals surface area contributed by atoms with E-state index in [1.54, 1.807) is 48.5 Å². The van der Waals surface area contributed by atoms with Crippen LogP contribution in [0.5, 0.6) is 11.5 Å². The fourth-order valence-electron chi connectivity index (χ4n) is 5.83. The third-order valence-corrected chi connectivity index (χ3v) is 9.89. The summed E-state index contributed by atoms with van der Waals surface area (Å²) in [6.07, 6.45) is 1.65. The highest BCUT2D eigenvalue weighted by Crippen LogP contribution is 2.37. The van der Waals surface area contributed by atoms with Crippen molar-refractivity contribution in [2.24, 2.45) is 0 Å². The summed E-state index contributed by atoms with van der Waals surface area (Å²) in [5, 5.41) is 8.21. The van der Waals surface area contributed by atoms with Crippen molar-refractivity contribution in [2.45, 2.75) is 10.1 Å². The van der Waals surface area contributed by atoms with E-state index in [1.165, 1.54) is 11.8 Å². The predicted octanol–water partition coefficient (Wildman–Crippen LogP) is 11.0. The minimum atomic E-state index is -0.609. The zero-order valence-electron chi connectivity index (χ0n) is 30.2. The topological polar surface area (TPSA) is 96.5 Å². The van der Waals surface area contributed by atoms with Crippen LogP contribution in [0.4, 0.5) is 11.4 Å². The van der Waals surface area contributed by atoms with Crippen LogP contribution in [0.3, 0.4) is 0 Å². The molecule has 1 unspecified atom stereocenters. The molecule has 56 heavy (non-hydrogen) atoms. The van der Waals surface area contributed by atoms with Crippen molar-refractivity contribution >= 4 is 46.9 Å². The summed E-state index contributed by atoms with van der Waals surface area (Å²) >= 11 is 1.36. The number of ether oxygens (including phenoxy) is 1. The van der Waals surface area contributed by atoms with E-state index in [9.17, 15) is 14.4 Å². The first-order chi connectivity index (χ1) is 27.5. The minimum absolute atomic E-state index is 0.0751. The molecule has 3 amide bonds. The van der Waals surface area contributed by atoms with E-state index < -0.39 is 17.1 Å². The molecule has 0 fully saturated rings. The van der Waals surface area contributed by atoms with E-state index in [-0.39, 0.29) is 11.6 Å². The molecule has 0 heterocycles. The maximum absolute atomic E-state index is 13.9. The summed E-state index contributed by atoms with van der Waals surface area (Å²) in [6, 6.07) is 60.1. The number of anilines is 2. The molecule has 0 radical (unpaired) electrons. The zero-order chi connectivity index (χ0) is 38.5. The molecule has 0 aliphatic carbocycles. The molecule has 3 N–H and O–H groups in total. The Kier molecular flexibility index (Phi) is 12.1. The Bertz CT molecular complexity index is 2420. The average Bonchev–Trinajstić information content (AvgIpc) is 3.25. The Morgan fingerprint density at radius 2 is 1.12 bits per heavy atom. The number of hydrogen-bond donors (Lipinski definition) is 3. The Morgan fingerprint density at radius 1 is 0.536 bits per heavy atom. The molecule has 0 saturated carbocycles. The first-order valence-electron chi connectivity index (χ1n) is 18.0. The molecule has 0 spiro atoms. The van der Waals surface area contributed by atoms with Gasteiger partial charge >= 0.3 is 0 Å². The van der Waals surface area contributed by atoms with Crippen molar-refractivity contribution in [1.82, 2.24) is 5.32 Å². The van der Waals surface area contributed by atoms with Gasteiger partial charge in [0.05, 0.1) is 0 Å². The lowest BCUT2D eigenvalue weighted by Crippen LogP contribution is -2.30. The lowest BCUT2D eigenvalue weighted by molar-refractivity contribution is -0.116. The second kappa shape index (κ2) is 18.2. The second-order valence-electron chi connectivity index (χ2n) is 12.7.